The van der Waals surface area contributed by atoms with E-state index in [9.17, 15) is 23.6 Å². The first-order chi connectivity index (χ1) is 19.0. The fourth-order valence-corrected chi connectivity index (χ4v) is 3.49. The maximum absolute atomic E-state index is 14.7. The van der Waals surface area contributed by atoms with Crippen LogP contribution in [0.25, 0.3) is 11.2 Å². The van der Waals surface area contributed by atoms with Gasteiger partial charge < -0.3 is 25.8 Å². The van der Waals surface area contributed by atoms with Crippen molar-refractivity contribution in [3.05, 3.63) is 52.1 Å². The summed E-state index contributed by atoms with van der Waals surface area (Å²) < 4.78 is 25.1. The molecule has 3 rings (SSSR count). The minimum Gasteiger partial charge on any atom is -0.458 e. The molecule has 2 aromatic heterocycles. The summed E-state index contributed by atoms with van der Waals surface area (Å²) in [6.45, 7) is 9.87. The van der Waals surface area contributed by atoms with Crippen molar-refractivity contribution < 1.29 is 28.2 Å². The van der Waals surface area contributed by atoms with Crippen molar-refractivity contribution in [2.24, 2.45) is 0 Å². The van der Waals surface area contributed by atoms with E-state index in [1.807, 2.05) is 0 Å². The highest BCUT2D eigenvalue weighted by Gasteiger charge is 2.34. The van der Waals surface area contributed by atoms with E-state index >= 15 is 0 Å². The van der Waals surface area contributed by atoms with E-state index in [0.29, 0.717) is 11.4 Å². The summed E-state index contributed by atoms with van der Waals surface area (Å²) in [4.78, 5) is 64.5. The third kappa shape index (κ3) is 9.22. The smallest absolute Gasteiger partial charge is 0.341 e. The number of fused-ring (bicyclic) bond motifs is 1. The molecule has 2 heterocycles. The van der Waals surface area contributed by atoms with Gasteiger partial charge in [0.1, 0.15) is 17.2 Å². The van der Waals surface area contributed by atoms with Gasteiger partial charge in [0.05, 0.1) is 18.4 Å². The number of alkyl halides is 1. The highest BCUT2D eigenvalue weighted by molar-refractivity contribution is 5.97. The van der Waals surface area contributed by atoms with Gasteiger partial charge in [-0.1, -0.05) is 0 Å². The van der Waals surface area contributed by atoms with Crippen LogP contribution in [-0.2, 0) is 25.6 Å². The number of nitrogens with two attached hydrogens (primary N) is 1. The second-order valence-electron chi connectivity index (χ2n) is 11.2. The molecule has 0 aliphatic carbocycles. The molecule has 5 N–H and O–H groups in total. The second-order valence-corrected chi connectivity index (χ2v) is 11.2. The highest BCUT2D eigenvalue weighted by Crippen LogP contribution is 2.17. The lowest BCUT2D eigenvalue weighted by molar-refractivity contribution is -0.163. The number of halogens is 1. The lowest BCUT2D eigenvalue weighted by Gasteiger charge is -2.26. The van der Waals surface area contributed by atoms with Crippen LogP contribution in [0.5, 0.6) is 0 Å². The van der Waals surface area contributed by atoms with Gasteiger partial charge in [0.15, 0.2) is 17.3 Å². The lowest BCUT2D eigenvalue weighted by atomic mass is 10.1. The average Bonchev–Trinajstić information content (AvgIpc) is 2.85. The van der Waals surface area contributed by atoms with Crippen molar-refractivity contribution in [3.63, 3.8) is 0 Å². The van der Waals surface area contributed by atoms with Crippen molar-refractivity contribution >= 4 is 40.6 Å². The van der Waals surface area contributed by atoms with E-state index in [1.54, 1.807) is 53.7 Å². The zero-order valence-corrected chi connectivity index (χ0v) is 23.7. The van der Waals surface area contributed by atoms with E-state index in [0.717, 1.165) is 0 Å². The summed E-state index contributed by atoms with van der Waals surface area (Å²) in [6.07, 6.45) is -1.37. The number of esters is 2. The van der Waals surface area contributed by atoms with Crippen LogP contribution in [0, 0.1) is 0 Å². The molecule has 0 spiro atoms. The van der Waals surface area contributed by atoms with Crippen LogP contribution in [-0.4, -0.2) is 61.2 Å². The lowest BCUT2D eigenvalue weighted by Crippen LogP contribution is -2.46. The third-order valence-corrected chi connectivity index (χ3v) is 5.21. The number of ether oxygens (including phenoxy) is 2. The first kappa shape index (κ1) is 30.9. The molecule has 0 radical (unpaired) electrons. The molecule has 14 heteroatoms. The molecular formula is C27H34FN7O6. The predicted octanol–water partition coefficient (Wildman–Crippen LogP) is 2.42. The summed E-state index contributed by atoms with van der Waals surface area (Å²) >= 11 is 0. The fraction of sp³-hybridized carbons (Fsp3) is 0.444. The summed E-state index contributed by atoms with van der Waals surface area (Å²) in [6, 6.07) is 4.77. The number of benzene rings is 1. The van der Waals surface area contributed by atoms with Gasteiger partial charge >= 0.3 is 11.9 Å². The van der Waals surface area contributed by atoms with E-state index < -0.39 is 53.2 Å². The highest BCUT2D eigenvalue weighted by atomic mass is 19.1. The van der Waals surface area contributed by atoms with Crippen LogP contribution < -0.4 is 21.9 Å². The Morgan fingerprint density at radius 1 is 1.00 bits per heavy atom. The molecule has 1 aromatic carbocycles. The van der Waals surface area contributed by atoms with Gasteiger partial charge in [0, 0.05) is 17.7 Å². The van der Waals surface area contributed by atoms with Crippen molar-refractivity contribution in [2.75, 3.05) is 11.1 Å². The quantitative estimate of drug-likeness (QED) is 0.276. The summed E-state index contributed by atoms with van der Waals surface area (Å²) in [5.74, 6) is -2.76. The largest absolute Gasteiger partial charge is 0.458 e. The number of carbonyl (C=O) groups excluding carboxylic acids is 3. The van der Waals surface area contributed by atoms with Crippen molar-refractivity contribution in [1.29, 1.82) is 0 Å². The van der Waals surface area contributed by atoms with Crippen LogP contribution in [0.2, 0.25) is 0 Å². The number of hydrogen-bond donors (Lipinski definition) is 4. The fourth-order valence-electron chi connectivity index (χ4n) is 3.49. The van der Waals surface area contributed by atoms with Crippen molar-refractivity contribution in [1.82, 2.24) is 25.3 Å². The molecule has 41 heavy (non-hydrogen) atoms. The Morgan fingerprint density at radius 3 is 2.22 bits per heavy atom. The number of H-pyrrole nitrogens is 1. The number of nitrogens with one attached hydrogen (secondary N) is 3. The van der Waals surface area contributed by atoms with Gasteiger partial charge in [-0.3, -0.25) is 14.6 Å². The van der Waals surface area contributed by atoms with Gasteiger partial charge in [0.25, 0.3) is 11.5 Å². The van der Waals surface area contributed by atoms with Gasteiger partial charge in [-0.25, -0.2) is 23.9 Å². The number of nitrogens with zero attached hydrogens (tertiary/aromatic N) is 3. The third-order valence-electron chi connectivity index (χ3n) is 5.21. The first-order valence-corrected chi connectivity index (χ1v) is 12.8. The van der Waals surface area contributed by atoms with Crippen LogP contribution >= 0.6 is 0 Å². The van der Waals surface area contributed by atoms with E-state index in [4.69, 9.17) is 15.2 Å². The second kappa shape index (κ2) is 12.3. The maximum Gasteiger partial charge on any atom is 0.341 e. The van der Waals surface area contributed by atoms with E-state index in [2.05, 4.69) is 30.6 Å². The standard InChI is InChI=1S/C27H34FN7O6/c1-26(2,3)40-23(38)17(28)11-18(24(39)41-27(4,5)6)33-21(36)14-7-9-15(10-8-14)30-12-16-13-31-20-19(32-16)22(37)35-25(29)34-20/h7-10,13,17-18,30H,11-12H2,1-6H3,(H,33,36)(H3,29,31,34,35,37)/t17-,18-/m0/s1. The molecule has 0 bridgehead atoms. The minimum absolute atomic E-state index is 0.0484. The maximum atomic E-state index is 14.7. The Labute approximate surface area is 235 Å². The molecule has 0 unspecified atom stereocenters. The Hall–Kier alpha value is -4.62. The van der Waals surface area contributed by atoms with Gasteiger partial charge in [-0.05, 0) is 65.8 Å². The zero-order chi connectivity index (χ0) is 30.5. The van der Waals surface area contributed by atoms with Crippen LogP contribution in [0.15, 0.2) is 35.3 Å². The number of nitrogen functional groups attached to an aromatic ring is 1. The summed E-state index contributed by atoms with van der Waals surface area (Å²) in [5.41, 5.74) is 4.61. The molecule has 0 saturated carbocycles. The number of hydrogen-bond acceptors (Lipinski definition) is 11. The van der Waals surface area contributed by atoms with Gasteiger partial charge in [-0.15, -0.1) is 0 Å². The molecule has 13 nitrogen and oxygen atoms in total. The number of aromatic amines is 1. The minimum atomic E-state index is -2.17. The van der Waals surface area contributed by atoms with Crippen molar-refractivity contribution in [2.45, 2.75) is 77.9 Å². The molecule has 220 valence electrons. The number of aromatic nitrogens is 4. The van der Waals surface area contributed by atoms with Gasteiger partial charge in [0.2, 0.25) is 5.95 Å². The Bertz CT molecular complexity index is 1480. The number of anilines is 2. The molecule has 0 aliphatic rings. The molecule has 0 aliphatic heterocycles. The predicted molar refractivity (Wildman–Crippen MR) is 149 cm³/mol. The van der Waals surface area contributed by atoms with Crippen molar-refractivity contribution in [3.8, 4) is 0 Å². The first-order valence-electron chi connectivity index (χ1n) is 12.8. The zero-order valence-electron chi connectivity index (χ0n) is 23.7. The molecule has 0 saturated heterocycles. The average molecular weight is 572 g/mol. The van der Waals surface area contributed by atoms with Crippen LogP contribution in [0.1, 0.15) is 64.0 Å². The Morgan fingerprint density at radius 2 is 1.61 bits per heavy atom. The normalized spacial score (nSPS) is 13.2. The SMILES string of the molecule is CC(C)(C)OC(=O)[C@H](C[C@H](F)C(=O)OC(C)(C)C)NC(=O)c1ccc(NCc2cnc3nc(N)[nH]c(=O)c3n2)cc1. The molecule has 0 fully saturated rings. The number of carbonyl (C=O) groups is 3. The summed E-state index contributed by atoms with van der Waals surface area (Å²) in [7, 11) is 0. The Kier molecular flexibility index (Phi) is 9.25. The molecule has 2 atom stereocenters. The number of amides is 1. The molecular weight excluding hydrogens is 537 g/mol. The number of rotatable bonds is 9. The Balaban J connectivity index is 1.67. The van der Waals surface area contributed by atoms with Crippen LogP contribution in [0.4, 0.5) is 16.0 Å². The monoisotopic (exact) mass is 571 g/mol. The topological polar surface area (TPSA) is 191 Å². The van der Waals surface area contributed by atoms with E-state index in [-0.39, 0.29) is 29.2 Å². The molecule has 1 amide bonds. The van der Waals surface area contributed by atoms with E-state index in [1.165, 1.54) is 18.3 Å². The van der Waals surface area contributed by atoms with Gasteiger partial charge in [-0.2, -0.15) is 4.98 Å². The summed E-state index contributed by atoms with van der Waals surface area (Å²) in [5, 5.41) is 5.56. The molecule has 3 aromatic rings. The van der Waals surface area contributed by atoms with Crippen LogP contribution in [0.3, 0.4) is 0 Å².